The quantitative estimate of drug-likeness (QED) is 0.642. The molecule has 0 aliphatic carbocycles. The second-order valence-corrected chi connectivity index (χ2v) is 4.75. The van der Waals surface area contributed by atoms with Gasteiger partial charge in [0.25, 0.3) is 0 Å². The lowest BCUT2D eigenvalue weighted by Gasteiger charge is -2.26. The van der Waals surface area contributed by atoms with E-state index in [1.54, 1.807) is 6.92 Å². The van der Waals surface area contributed by atoms with Gasteiger partial charge in [-0.1, -0.05) is 13.8 Å². The van der Waals surface area contributed by atoms with Crippen LogP contribution in [0.1, 0.15) is 39.5 Å². The summed E-state index contributed by atoms with van der Waals surface area (Å²) in [6.45, 7) is 4.96. The van der Waals surface area contributed by atoms with Gasteiger partial charge in [-0.25, -0.2) is 0 Å². The highest BCUT2D eigenvalue weighted by atomic mass is 16.4. The fourth-order valence-corrected chi connectivity index (χ4v) is 2.16. The first-order valence-corrected chi connectivity index (χ1v) is 6.28. The standard InChI is InChI=1S/C12H22N2O3/c1-3-12(6-4-7-14-12)11(17)13-8-5-9(2)10(15)16/h9,14H,3-8H2,1-2H3,(H,13,17)(H,15,16). The molecule has 17 heavy (non-hydrogen) atoms. The Hall–Kier alpha value is -1.10. The van der Waals surface area contributed by atoms with E-state index in [0.29, 0.717) is 13.0 Å². The summed E-state index contributed by atoms with van der Waals surface area (Å²) >= 11 is 0. The molecule has 3 N–H and O–H groups in total. The Labute approximate surface area is 102 Å². The van der Waals surface area contributed by atoms with Crippen molar-refractivity contribution in [2.24, 2.45) is 5.92 Å². The van der Waals surface area contributed by atoms with Crippen LogP contribution in [0.25, 0.3) is 0 Å². The van der Waals surface area contributed by atoms with Gasteiger partial charge < -0.3 is 15.7 Å². The van der Waals surface area contributed by atoms with Crippen molar-refractivity contribution in [2.75, 3.05) is 13.1 Å². The van der Waals surface area contributed by atoms with Gasteiger partial charge in [0.05, 0.1) is 11.5 Å². The summed E-state index contributed by atoms with van der Waals surface area (Å²) in [5.74, 6) is -1.22. The average molecular weight is 242 g/mol. The number of hydrogen-bond donors (Lipinski definition) is 3. The van der Waals surface area contributed by atoms with E-state index in [9.17, 15) is 9.59 Å². The molecule has 5 nitrogen and oxygen atoms in total. The highest BCUT2D eigenvalue weighted by Crippen LogP contribution is 2.22. The van der Waals surface area contributed by atoms with Gasteiger partial charge in [-0.2, -0.15) is 0 Å². The molecule has 0 bridgehead atoms. The van der Waals surface area contributed by atoms with E-state index >= 15 is 0 Å². The third-order valence-corrected chi connectivity index (χ3v) is 3.57. The zero-order chi connectivity index (χ0) is 12.9. The molecule has 1 amide bonds. The number of carboxylic acid groups (broad SMARTS) is 1. The second-order valence-electron chi connectivity index (χ2n) is 4.75. The number of rotatable bonds is 6. The summed E-state index contributed by atoms with van der Waals surface area (Å²) in [7, 11) is 0. The molecule has 98 valence electrons. The van der Waals surface area contributed by atoms with Gasteiger partial charge in [0.15, 0.2) is 0 Å². The molecule has 0 spiro atoms. The Morgan fingerprint density at radius 1 is 1.53 bits per heavy atom. The second kappa shape index (κ2) is 6.00. The topological polar surface area (TPSA) is 78.4 Å². The van der Waals surface area contributed by atoms with Crippen LogP contribution in [0, 0.1) is 5.92 Å². The van der Waals surface area contributed by atoms with E-state index in [0.717, 1.165) is 25.8 Å². The number of nitrogens with one attached hydrogen (secondary N) is 2. The number of carbonyl (C=O) groups is 2. The lowest BCUT2D eigenvalue weighted by Crippen LogP contribution is -2.53. The van der Waals surface area contributed by atoms with Crippen molar-refractivity contribution in [3.8, 4) is 0 Å². The van der Waals surface area contributed by atoms with Gasteiger partial charge in [-0.05, 0) is 32.2 Å². The minimum absolute atomic E-state index is 0.00934. The monoisotopic (exact) mass is 242 g/mol. The highest BCUT2D eigenvalue weighted by Gasteiger charge is 2.38. The van der Waals surface area contributed by atoms with Crippen LogP contribution in [0.4, 0.5) is 0 Å². The first kappa shape index (κ1) is 14.0. The smallest absolute Gasteiger partial charge is 0.306 e. The molecule has 1 fully saturated rings. The highest BCUT2D eigenvalue weighted by molar-refractivity contribution is 5.86. The summed E-state index contributed by atoms with van der Waals surface area (Å²) in [4.78, 5) is 22.7. The van der Waals surface area contributed by atoms with E-state index < -0.39 is 17.4 Å². The van der Waals surface area contributed by atoms with E-state index in [-0.39, 0.29) is 5.91 Å². The summed E-state index contributed by atoms with van der Waals surface area (Å²) < 4.78 is 0. The van der Waals surface area contributed by atoms with Crippen LogP contribution in [0.15, 0.2) is 0 Å². The van der Waals surface area contributed by atoms with E-state index in [4.69, 9.17) is 5.11 Å². The van der Waals surface area contributed by atoms with Crippen LogP contribution in [0.3, 0.4) is 0 Å². The molecule has 1 aliphatic rings. The molecule has 0 saturated carbocycles. The molecule has 1 heterocycles. The fourth-order valence-electron chi connectivity index (χ4n) is 2.16. The Balaban J connectivity index is 2.36. The average Bonchev–Trinajstić information content (AvgIpc) is 2.78. The fraction of sp³-hybridized carbons (Fsp3) is 0.833. The summed E-state index contributed by atoms with van der Waals surface area (Å²) in [5.41, 5.74) is -0.424. The summed E-state index contributed by atoms with van der Waals surface area (Å²) in [6, 6.07) is 0. The van der Waals surface area contributed by atoms with E-state index in [1.807, 2.05) is 6.92 Å². The maximum absolute atomic E-state index is 12.0. The van der Waals surface area contributed by atoms with Crippen molar-refractivity contribution in [1.29, 1.82) is 0 Å². The van der Waals surface area contributed by atoms with Crippen molar-refractivity contribution in [2.45, 2.75) is 45.1 Å². The van der Waals surface area contributed by atoms with Crippen molar-refractivity contribution in [1.82, 2.24) is 10.6 Å². The third-order valence-electron chi connectivity index (χ3n) is 3.57. The Bertz CT molecular complexity index is 285. The number of aliphatic carboxylic acids is 1. The Morgan fingerprint density at radius 2 is 2.24 bits per heavy atom. The first-order valence-electron chi connectivity index (χ1n) is 6.28. The molecule has 2 atom stereocenters. The van der Waals surface area contributed by atoms with Crippen molar-refractivity contribution < 1.29 is 14.7 Å². The molecule has 0 radical (unpaired) electrons. The zero-order valence-corrected chi connectivity index (χ0v) is 10.6. The van der Waals surface area contributed by atoms with Gasteiger partial charge in [0.1, 0.15) is 0 Å². The predicted octanol–water partition coefficient (Wildman–Crippen LogP) is 0.746. The molecule has 1 aliphatic heterocycles. The molecule has 2 unspecified atom stereocenters. The lowest BCUT2D eigenvalue weighted by molar-refractivity contribution is -0.141. The van der Waals surface area contributed by atoms with E-state index in [2.05, 4.69) is 10.6 Å². The Kier molecular flexibility index (Phi) is 4.93. The van der Waals surface area contributed by atoms with Crippen molar-refractivity contribution >= 4 is 11.9 Å². The Morgan fingerprint density at radius 3 is 2.71 bits per heavy atom. The van der Waals surface area contributed by atoms with Gasteiger partial charge in [-0.15, -0.1) is 0 Å². The number of carboxylic acids is 1. The molecule has 0 aromatic rings. The SMILES string of the molecule is CCC1(C(=O)NCCC(C)C(=O)O)CCCN1. The first-order chi connectivity index (χ1) is 8.02. The van der Waals surface area contributed by atoms with Crippen LogP contribution >= 0.6 is 0 Å². The molecular formula is C12H22N2O3. The molecule has 1 saturated heterocycles. The van der Waals surface area contributed by atoms with Crippen molar-refractivity contribution in [3.05, 3.63) is 0 Å². The van der Waals surface area contributed by atoms with E-state index in [1.165, 1.54) is 0 Å². The molecular weight excluding hydrogens is 220 g/mol. The van der Waals surface area contributed by atoms with Crippen LogP contribution < -0.4 is 10.6 Å². The largest absolute Gasteiger partial charge is 0.481 e. The minimum Gasteiger partial charge on any atom is -0.481 e. The predicted molar refractivity (Wildman–Crippen MR) is 64.7 cm³/mol. The minimum atomic E-state index is -0.816. The van der Waals surface area contributed by atoms with Crippen LogP contribution in [0.5, 0.6) is 0 Å². The molecule has 0 aromatic heterocycles. The van der Waals surface area contributed by atoms with Gasteiger partial charge in [-0.3, -0.25) is 9.59 Å². The normalized spacial score (nSPS) is 25.5. The summed E-state index contributed by atoms with van der Waals surface area (Å²) in [5, 5.41) is 14.8. The third kappa shape index (κ3) is 3.43. The number of hydrogen-bond acceptors (Lipinski definition) is 3. The maximum atomic E-state index is 12.0. The summed E-state index contributed by atoms with van der Waals surface area (Å²) in [6.07, 6.45) is 3.13. The zero-order valence-electron chi connectivity index (χ0n) is 10.6. The molecule has 1 rings (SSSR count). The van der Waals surface area contributed by atoms with Crippen molar-refractivity contribution in [3.63, 3.8) is 0 Å². The van der Waals surface area contributed by atoms with Gasteiger partial charge in [0.2, 0.25) is 5.91 Å². The maximum Gasteiger partial charge on any atom is 0.306 e. The van der Waals surface area contributed by atoms with Crippen LogP contribution in [-0.2, 0) is 9.59 Å². The van der Waals surface area contributed by atoms with Crippen LogP contribution in [0.2, 0.25) is 0 Å². The number of amides is 1. The lowest BCUT2D eigenvalue weighted by atomic mass is 9.93. The number of carbonyl (C=O) groups excluding carboxylic acids is 1. The molecule has 5 heteroatoms. The van der Waals surface area contributed by atoms with Crippen LogP contribution in [-0.4, -0.2) is 35.6 Å². The van der Waals surface area contributed by atoms with Gasteiger partial charge >= 0.3 is 5.97 Å². The molecule has 0 aromatic carbocycles. The van der Waals surface area contributed by atoms with Gasteiger partial charge in [0, 0.05) is 6.54 Å².